The Hall–Kier alpha value is -4.92. The Balaban J connectivity index is 1.77. The first-order valence-electron chi connectivity index (χ1n) is 13.3. The molecule has 0 unspecified atom stereocenters. The highest BCUT2D eigenvalue weighted by atomic mass is 16.6. The summed E-state index contributed by atoms with van der Waals surface area (Å²) in [5.41, 5.74) is 1.95. The molecule has 4 rings (SSSR count). The van der Waals surface area contributed by atoms with Gasteiger partial charge in [0.2, 0.25) is 5.91 Å². The monoisotopic (exact) mass is 554 g/mol. The van der Waals surface area contributed by atoms with Gasteiger partial charge in [-0.15, -0.1) is 0 Å². The Labute approximate surface area is 239 Å². The molecular formula is C32H34N4O5. The van der Waals surface area contributed by atoms with Crippen molar-refractivity contribution in [2.75, 3.05) is 6.54 Å². The van der Waals surface area contributed by atoms with Gasteiger partial charge in [0.1, 0.15) is 23.7 Å². The average Bonchev–Trinajstić information content (AvgIpc) is 3.41. The van der Waals surface area contributed by atoms with E-state index in [1.54, 1.807) is 27.1 Å². The van der Waals surface area contributed by atoms with E-state index in [2.05, 4.69) is 52.0 Å². The van der Waals surface area contributed by atoms with Crippen LogP contribution in [0.25, 0.3) is 0 Å². The molecule has 9 heteroatoms. The molecule has 4 aromatic rings. The fraction of sp³-hybridized carbons (Fsp3) is 0.250. The Kier molecular flexibility index (Phi) is 8.87. The van der Waals surface area contributed by atoms with E-state index >= 15 is 0 Å². The van der Waals surface area contributed by atoms with E-state index in [1.807, 2.05) is 65.4 Å². The Morgan fingerprint density at radius 3 is 1.78 bits per heavy atom. The van der Waals surface area contributed by atoms with Crippen molar-refractivity contribution in [1.82, 2.24) is 20.2 Å². The number of carbonyl (C=O) groups excluding carboxylic acids is 2. The van der Waals surface area contributed by atoms with Crippen molar-refractivity contribution >= 4 is 18.0 Å². The summed E-state index contributed by atoms with van der Waals surface area (Å²) < 4.78 is 7.34. The number of ether oxygens (including phenoxy) is 1. The number of hydrogen-bond donors (Lipinski definition) is 3. The van der Waals surface area contributed by atoms with Gasteiger partial charge in [0, 0.05) is 12.6 Å². The fourth-order valence-corrected chi connectivity index (χ4v) is 4.79. The lowest BCUT2D eigenvalue weighted by atomic mass is 9.77. The molecule has 0 radical (unpaired) electrons. The molecule has 1 atom stereocenters. The number of carboxylic acid groups (broad SMARTS) is 1. The van der Waals surface area contributed by atoms with Crippen molar-refractivity contribution in [2.24, 2.45) is 0 Å². The summed E-state index contributed by atoms with van der Waals surface area (Å²) in [6.45, 7) is 4.55. The van der Waals surface area contributed by atoms with Crippen LogP contribution < -0.4 is 10.6 Å². The molecule has 0 aliphatic heterocycles. The summed E-state index contributed by atoms with van der Waals surface area (Å²) in [4.78, 5) is 41.2. The zero-order valence-electron chi connectivity index (χ0n) is 23.3. The van der Waals surface area contributed by atoms with E-state index in [0.29, 0.717) is 5.69 Å². The van der Waals surface area contributed by atoms with E-state index < -0.39 is 41.7 Å². The summed E-state index contributed by atoms with van der Waals surface area (Å²) in [6, 6.07) is 29.1. The minimum absolute atomic E-state index is 0.00610. The van der Waals surface area contributed by atoms with Crippen LogP contribution in [0, 0.1) is 0 Å². The molecule has 1 heterocycles. The molecule has 0 fully saturated rings. The molecule has 3 N–H and O–H groups in total. The van der Waals surface area contributed by atoms with Crippen LogP contribution in [0.5, 0.6) is 0 Å². The van der Waals surface area contributed by atoms with Crippen LogP contribution in [-0.4, -0.2) is 50.8 Å². The first-order valence-corrected chi connectivity index (χ1v) is 13.3. The van der Waals surface area contributed by atoms with Crippen molar-refractivity contribution in [3.63, 3.8) is 0 Å². The summed E-state index contributed by atoms with van der Waals surface area (Å²) in [6.07, 6.45) is 2.77. The minimum atomic E-state index is -1.20. The van der Waals surface area contributed by atoms with Crippen LogP contribution in [0.4, 0.5) is 4.79 Å². The van der Waals surface area contributed by atoms with Crippen LogP contribution >= 0.6 is 0 Å². The highest BCUT2D eigenvalue weighted by Gasteiger charge is 2.38. The molecule has 9 nitrogen and oxygen atoms in total. The lowest BCUT2D eigenvalue weighted by Crippen LogP contribution is -2.50. The van der Waals surface area contributed by atoms with Crippen LogP contribution in [0.1, 0.15) is 43.2 Å². The van der Waals surface area contributed by atoms with Gasteiger partial charge in [-0.2, -0.15) is 0 Å². The number of amides is 2. The summed E-state index contributed by atoms with van der Waals surface area (Å²) in [5, 5.41) is 14.0. The van der Waals surface area contributed by atoms with Crippen LogP contribution in [0.15, 0.2) is 104 Å². The number of imidazole rings is 1. The lowest BCUT2D eigenvalue weighted by Gasteiger charge is -2.37. The van der Waals surface area contributed by atoms with Crippen molar-refractivity contribution in [2.45, 2.75) is 44.4 Å². The van der Waals surface area contributed by atoms with E-state index in [4.69, 9.17) is 9.84 Å². The predicted octanol–water partition coefficient (Wildman–Crippen LogP) is 4.36. The number of benzene rings is 3. The van der Waals surface area contributed by atoms with Crippen LogP contribution in [-0.2, 0) is 26.3 Å². The van der Waals surface area contributed by atoms with Gasteiger partial charge in [0.15, 0.2) is 0 Å². The molecule has 2 amide bonds. The Morgan fingerprint density at radius 2 is 1.34 bits per heavy atom. The maximum atomic E-state index is 12.9. The van der Waals surface area contributed by atoms with E-state index in [-0.39, 0.29) is 6.42 Å². The topological polar surface area (TPSA) is 123 Å². The normalized spacial score (nSPS) is 12.3. The summed E-state index contributed by atoms with van der Waals surface area (Å²) in [5.74, 6) is -1.86. The van der Waals surface area contributed by atoms with E-state index in [1.165, 1.54) is 0 Å². The second kappa shape index (κ2) is 12.5. The van der Waals surface area contributed by atoms with Gasteiger partial charge < -0.3 is 25.0 Å². The van der Waals surface area contributed by atoms with Gasteiger partial charge in [-0.25, -0.2) is 9.78 Å². The number of carboxylic acids is 1. The molecule has 0 saturated heterocycles. The van der Waals surface area contributed by atoms with Gasteiger partial charge in [-0.3, -0.25) is 9.59 Å². The van der Waals surface area contributed by atoms with Gasteiger partial charge >= 0.3 is 12.1 Å². The number of nitrogens with one attached hydrogen (secondary N) is 2. The average molecular weight is 555 g/mol. The number of hydrogen-bond acceptors (Lipinski definition) is 5. The number of alkyl carbamates (subject to hydrolysis) is 1. The maximum Gasteiger partial charge on any atom is 0.408 e. The third-order valence-corrected chi connectivity index (χ3v) is 6.43. The van der Waals surface area contributed by atoms with Crippen molar-refractivity contribution in [3.05, 3.63) is 126 Å². The molecule has 212 valence electrons. The molecule has 0 spiro atoms. The second-order valence-corrected chi connectivity index (χ2v) is 10.6. The van der Waals surface area contributed by atoms with Gasteiger partial charge in [0.05, 0.1) is 12.0 Å². The smallest absolute Gasteiger partial charge is 0.408 e. The van der Waals surface area contributed by atoms with Crippen LogP contribution in [0.3, 0.4) is 0 Å². The lowest BCUT2D eigenvalue weighted by molar-refractivity contribution is -0.138. The number of rotatable bonds is 10. The predicted molar refractivity (Wildman–Crippen MR) is 154 cm³/mol. The van der Waals surface area contributed by atoms with Gasteiger partial charge in [-0.1, -0.05) is 91.0 Å². The quantitative estimate of drug-likeness (QED) is 0.251. The third kappa shape index (κ3) is 7.00. The molecule has 1 aromatic heterocycles. The molecule has 0 aliphatic rings. The number of aromatic nitrogens is 2. The molecular weight excluding hydrogens is 520 g/mol. The first-order chi connectivity index (χ1) is 19.6. The maximum absolute atomic E-state index is 12.9. The van der Waals surface area contributed by atoms with Gasteiger partial charge in [0.25, 0.3) is 0 Å². The number of nitrogens with zero attached hydrogens (tertiary/aromatic N) is 2. The minimum Gasteiger partial charge on any atom is -0.480 e. The SMILES string of the molecule is CC(C)(C)OC(=O)N[C@@H](Cc1cn(C(c2ccccc2)(c2ccccc2)c2ccccc2)cn1)C(=O)NCC(=O)O. The van der Waals surface area contributed by atoms with Crippen molar-refractivity contribution in [3.8, 4) is 0 Å². The summed E-state index contributed by atoms with van der Waals surface area (Å²) >= 11 is 0. The number of carbonyl (C=O) groups is 3. The summed E-state index contributed by atoms with van der Waals surface area (Å²) in [7, 11) is 0. The largest absolute Gasteiger partial charge is 0.480 e. The van der Waals surface area contributed by atoms with Crippen LogP contribution in [0.2, 0.25) is 0 Å². The van der Waals surface area contributed by atoms with Crippen molar-refractivity contribution in [1.29, 1.82) is 0 Å². The van der Waals surface area contributed by atoms with E-state index in [9.17, 15) is 14.4 Å². The second-order valence-electron chi connectivity index (χ2n) is 10.6. The molecule has 41 heavy (non-hydrogen) atoms. The zero-order chi connectivity index (χ0) is 29.5. The molecule has 3 aromatic carbocycles. The van der Waals surface area contributed by atoms with Gasteiger partial charge in [-0.05, 0) is 37.5 Å². The first kappa shape index (κ1) is 29.1. The Morgan fingerprint density at radius 1 is 0.854 bits per heavy atom. The van der Waals surface area contributed by atoms with Crippen molar-refractivity contribution < 1.29 is 24.2 Å². The number of aliphatic carboxylic acids is 1. The molecule has 0 saturated carbocycles. The standard InChI is InChI=1S/C32H34N4O5/c1-31(2,3)41-30(40)35-27(29(39)33-20-28(37)38)19-26-21-36(22-34-26)32(23-13-7-4-8-14-23,24-15-9-5-10-16-24)25-17-11-6-12-18-25/h4-18,21-22,27H,19-20H2,1-3H3,(H,33,39)(H,35,40)(H,37,38)/t27-/m0/s1. The highest BCUT2D eigenvalue weighted by molar-refractivity contribution is 5.88. The fourth-order valence-electron chi connectivity index (χ4n) is 4.79. The van der Waals surface area contributed by atoms with E-state index in [0.717, 1.165) is 16.7 Å². The molecule has 0 bridgehead atoms. The third-order valence-electron chi connectivity index (χ3n) is 6.43. The Bertz CT molecular complexity index is 1370. The molecule has 0 aliphatic carbocycles. The highest BCUT2D eigenvalue weighted by Crippen LogP contribution is 2.40. The zero-order valence-corrected chi connectivity index (χ0v) is 23.3.